The minimum atomic E-state index is -6.25. The number of aromatic nitrogens is 2. The molecule has 0 fully saturated rings. The van der Waals surface area contributed by atoms with Crippen molar-refractivity contribution in [3.05, 3.63) is 57.6 Å². The molecule has 0 amide bonds. The van der Waals surface area contributed by atoms with Gasteiger partial charge in [-0.3, -0.25) is 4.98 Å². The van der Waals surface area contributed by atoms with Gasteiger partial charge in [0.15, 0.2) is 0 Å². The van der Waals surface area contributed by atoms with Crippen molar-refractivity contribution in [1.82, 2.24) is 9.97 Å². The molecule has 2 heterocycles. The summed E-state index contributed by atoms with van der Waals surface area (Å²) >= 11 is 2.67. The van der Waals surface area contributed by atoms with E-state index in [2.05, 4.69) is 32.0 Å². The second-order valence-corrected chi connectivity index (χ2v) is 5.88. The largest absolute Gasteiger partial charge is 0.437 e. The second kappa shape index (κ2) is 6.54. The highest BCUT2D eigenvalue weighted by atomic mass is 79.9. The quantitative estimate of drug-likeness (QED) is 0.493. The maximum atomic E-state index is 14.5. The molecule has 0 N–H and O–H groups in total. The van der Waals surface area contributed by atoms with Crippen LogP contribution in [0.5, 0.6) is 0 Å². The number of nitrogens with zero attached hydrogens (tertiary/aromatic N) is 2. The zero-order valence-corrected chi connectivity index (χ0v) is 14.0. The first kappa shape index (κ1) is 19.6. The fraction of sp³-hybridized carbons (Fsp3) is 0.333. The van der Waals surface area contributed by atoms with Crippen molar-refractivity contribution in [3.63, 3.8) is 0 Å². The molecular weight excluding hydrogens is 421 g/mol. The molecule has 2 nitrogen and oxygen atoms in total. The summed E-state index contributed by atoms with van der Waals surface area (Å²) in [6.07, 6.45) is -11.6. The molecule has 0 aliphatic carbocycles. The smallest absolute Gasteiger partial charge is 0.261 e. The van der Waals surface area contributed by atoms with Gasteiger partial charge in [0.1, 0.15) is 10.3 Å². The summed E-state index contributed by atoms with van der Waals surface area (Å²) < 4.78 is 92.6. The number of hydrogen-bond acceptors (Lipinski definition) is 2. The molecule has 0 spiro atoms. The van der Waals surface area contributed by atoms with E-state index in [1.54, 1.807) is 0 Å². The molecule has 0 bridgehead atoms. The van der Waals surface area contributed by atoms with Crippen molar-refractivity contribution in [2.75, 3.05) is 0 Å². The lowest BCUT2D eigenvalue weighted by Crippen LogP contribution is -2.51. The summed E-state index contributed by atoms with van der Waals surface area (Å²) in [4.78, 5) is 7.00. The number of pyridine rings is 2. The van der Waals surface area contributed by atoms with E-state index in [1.807, 2.05) is 0 Å². The molecule has 0 aromatic carbocycles. The number of halogens is 8. The molecule has 25 heavy (non-hydrogen) atoms. The van der Waals surface area contributed by atoms with Gasteiger partial charge >= 0.3 is 18.0 Å². The third kappa shape index (κ3) is 3.63. The van der Waals surface area contributed by atoms with Crippen molar-refractivity contribution in [2.24, 2.45) is 0 Å². The van der Waals surface area contributed by atoms with Crippen molar-refractivity contribution in [1.29, 1.82) is 0 Å². The highest BCUT2D eigenvalue weighted by Gasteiger charge is 2.75. The van der Waals surface area contributed by atoms with E-state index in [9.17, 15) is 30.7 Å². The van der Waals surface area contributed by atoms with Gasteiger partial charge in [-0.2, -0.15) is 26.3 Å². The molecular formula is C15H9BrF7N2. The van der Waals surface area contributed by atoms with Gasteiger partial charge in [0.25, 0.3) is 0 Å². The van der Waals surface area contributed by atoms with Gasteiger partial charge in [0.05, 0.1) is 0 Å². The van der Waals surface area contributed by atoms with Crippen LogP contribution in [0, 0.1) is 13.0 Å². The van der Waals surface area contributed by atoms with E-state index < -0.39 is 40.3 Å². The van der Waals surface area contributed by atoms with Gasteiger partial charge in [-0.05, 0) is 46.1 Å². The minimum absolute atomic E-state index is 0.0990. The lowest BCUT2D eigenvalue weighted by atomic mass is 9.90. The Morgan fingerprint density at radius 1 is 1.04 bits per heavy atom. The third-order valence-electron chi connectivity index (χ3n) is 3.43. The molecule has 135 valence electrons. The number of hydrogen-bond donors (Lipinski definition) is 0. The molecule has 0 saturated heterocycles. The molecule has 0 aliphatic heterocycles. The van der Waals surface area contributed by atoms with Crippen LogP contribution in [-0.4, -0.2) is 22.3 Å². The molecule has 2 rings (SSSR count). The second-order valence-electron chi connectivity index (χ2n) is 5.13. The third-order valence-corrected chi connectivity index (χ3v) is 3.81. The van der Waals surface area contributed by atoms with Gasteiger partial charge in [-0.1, -0.05) is 6.07 Å². The van der Waals surface area contributed by atoms with Gasteiger partial charge in [-0.15, -0.1) is 0 Å². The van der Waals surface area contributed by atoms with Gasteiger partial charge in [-0.25, -0.2) is 9.37 Å². The summed E-state index contributed by atoms with van der Waals surface area (Å²) in [6.45, 7) is 1.22. The Kier molecular flexibility index (Phi) is 5.13. The standard InChI is InChI=1S/C15H9BrF7N2/c1-8-6-11(16)25-12(10(8)7-9-4-2-3-5-24-9)13(17,14(18,19)20)15(21,22)23/h2-5H,7H2,1H3. The van der Waals surface area contributed by atoms with Crippen molar-refractivity contribution in [2.45, 2.75) is 31.4 Å². The Hall–Kier alpha value is -1.71. The van der Waals surface area contributed by atoms with Crippen LogP contribution in [0.1, 0.15) is 22.5 Å². The van der Waals surface area contributed by atoms with E-state index in [1.165, 1.54) is 31.3 Å². The van der Waals surface area contributed by atoms with Crippen LogP contribution in [-0.2, 0) is 12.1 Å². The summed E-state index contributed by atoms with van der Waals surface area (Å²) in [5, 5.41) is 0. The van der Waals surface area contributed by atoms with Crippen LogP contribution < -0.4 is 0 Å². The Balaban J connectivity index is 2.75. The van der Waals surface area contributed by atoms with Crippen LogP contribution in [0.2, 0.25) is 0 Å². The topological polar surface area (TPSA) is 25.8 Å². The molecule has 0 atom stereocenters. The first-order valence-corrected chi connectivity index (χ1v) is 7.48. The van der Waals surface area contributed by atoms with Crippen molar-refractivity contribution in [3.8, 4) is 0 Å². The van der Waals surface area contributed by atoms with Gasteiger partial charge in [0.2, 0.25) is 0 Å². The fourth-order valence-electron chi connectivity index (χ4n) is 2.22. The molecule has 0 saturated carbocycles. The Morgan fingerprint density at radius 2 is 1.64 bits per heavy atom. The SMILES string of the molecule is Cc1[c]c(Br)nc(C(F)(C(F)(F)F)C(F)(F)F)c1Cc1ccccn1. The van der Waals surface area contributed by atoms with E-state index in [4.69, 9.17) is 0 Å². The van der Waals surface area contributed by atoms with Crippen LogP contribution in [0.4, 0.5) is 30.7 Å². The Bertz CT molecular complexity index is 743. The molecule has 2 aromatic heterocycles. The summed E-state index contributed by atoms with van der Waals surface area (Å²) in [5.74, 6) is 0. The monoisotopic (exact) mass is 429 g/mol. The molecule has 0 unspecified atom stereocenters. The summed E-state index contributed by atoms with van der Waals surface area (Å²) in [5.41, 5.74) is -7.89. The first-order valence-electron chi connectivity index (χ1n) is 6.69. The zero-order valence-electron chi connectivity index (χ0n) is 12.4. The van der Waals surface area contributed by atoms with Crippen LogP contribution >= 0.6 is 15.9 Å². The fourth-order valence-corrected chi connectivity index (χ4v) is 2.69. The molecule has 2 aromatic rings. The van der Waals surface area contributed by atoms with E-state index in [0.717, 1.165) is 0 Å². The highest BCUT2D eigenvalue weighted by molar-refractivity contribution is 9.10. The molecule has 1 radical (unpaired) electrons. The molecule has 10 heteroatoms. The summed E-state index contributed by atoms with van der Waals surface area (Å²) in [7, 11) is 0. The summed E-state index contributed by atoms with van der Waals surface area (Å²) in [6, 6.07) is 6.87. The van der Waals surface area contributed by atoms with Gasteiger partial charge in [0, 0.05) is 24.4 Å². The normalized spacial score (nSPS) is 13.2. The minimum Gasteiger partial charge on any atom is -0.261 e. The van der Waals surface area contributed by atoms with Crippen LogP contribution in [0.25, 0.3) is 0 Å². The lowest BCUT2D eigenvalue weighted by Gasteiger charge is -2.31. The van der Waals surface area contributed by atoms with E-state index >= 15 is 0 Å². The lowest BCUT2D eigenvalue weighted by molar-refractivity contribution is -0.350. The van der Waals surface area contributed by atoms with Gasteiger partial charge < -0.3 is 0 Å². The number of rotatable bonds is 3. The zero-order chi connectivity index (χ0) is 19.0. The average Bonchev–Trinajstić information content (AvgIpc) is 2.47. The predicted molar refractivity (Wildman–Crippen MR) is 77.4 cm³/mol. The van der Waals surface area contributed by atoms with Crippen molar-refractivity contribution < 1.29 is 30.7 Å². The van der Waals surface area contributed by atoms with Crippen molar-refractivity contribution >= 4 is 15.9 Å². The Labute approximate surface area is 146 Å². The maximum Gasteiger partial charge on any atom is 0.437 e. The maximum absolute atomic E-state index is 14.5. The average molecular weight is 430 g/mol. The number of aryl methyl sites for hydroxylation is 1. The molecule has 0 aliphatic rings. The van der Waals surface area contributed by atoms with Crippen LogP contribution in [0.15, 0.2) is 29.0 Å². The van der Waals surface area contributed by atoms with E-state index in [0.29, 0.717) is 0 Å². The van der Waals surface area contributed by atoms with E-state index in [-0.39, 0.29) is 11.3 Å². The van der Waals surface area contributed by atoms with Crippen LogP contribution in [0.3, 0.4) is 0 Å². The first-order chi connectivity index (χ1) is 11.4. The Morgan fingerprint density at radius 3 is 2.12 bits per heavy atom. The predicted octanol–water partition coefficient (Wildman–Crippen LogP) is 5.23. The highest BCUT2D eigenvalue weighted by Crippen LogP contribution is 2.54. The number of alkyl halides is 7.